The first-order chi connectivity index (χ1) is 16.1. The van der Waals surface area contributed by atoms with Crippen molar-refractivity contribution in [1.82, 2.24) is 25.2 Å². The second kappa shape index (κ2) is 8.81. The summed E-state index contributed by atoms with van der Waals surface area (Å²) < 4.78 is 29.7. The van der Waals surface area contributed by atoms with Gasteiger partial charge in [0.25, 0.3) is 5.91 Å². The minimum Gasteiger partial charge on any atom is -0.358 e. The normalized spacial score (nSPS) is 15.6. The smallest absolute Gasteiger partial charge is 0.330 e. The van der Waals surface area contributed by atoms with E-state index >= 15 is 0 Å². The zero-order valence-corrected chi connectivity index (χ0v) is 18.7. The van der Waals surface area contributed by atoms with Crippen LogP contribution >= 0.6 is 0 Å². The molecule has 0 radical (unpaired) electrons. The molecule has 0 atom stereocenters. The van der Waals surface area contributed by atoms with Gasteiger partial charge in [0.05, 0.1) is 11.9 Å². The van der Waals surface area contributed by atoms with E-state index in [1.165, 1.54) is 6.20 Å². The predicted molar refractivity (Wildman–Crippen MR) is 121 cm³/mol. The highest BCUT2D eigenvalue weighted by Crippen LogP contribution is 2.27. The van der Waals surface area contributed by atoms with Crippen molar-refractivity contribution in [2.45, 2.75) is 44.6 Å². The zero-order valence-electron chi connectivity index (χ0n) is 18.7. The molecule has 0 saturated carbocycles. The van der Waals surface area contributed by atoms with E-state index < -0.39 is 23.9 Å². The van der Waals surface area contributed by atoms with Gasteiger partial charge < -0.3 is 10.6 Å². The second-order valence-electron chi connectivity index (χ2n) is 8.69. The summed E-state index contributed by atoms with van der Waals surface area (Å²) in [6.45, 7) is 3.18. The SMILES string of the molecule is CC1(C)NC(=O)N(c2ccc(-n3ccc4cc(CCC(F)(F)CCNC=O)cnc43)cn2)C1=O. The summed E-state index contributed by atoms with van der Waals surface area (Å²) >= 11 is 0. The van der Waals surface area contributed by atoms with Gasteiger partial charge in [-0.2, -0.15) is 0 Å². The van der Waals surface area contributed by atoms with Crippen LogP contribution in [0.15, 0.2) is 42.9 Å². The lowest BCUT2D eigenvalue weighted by atomic mass is 10.0. The van der Waals surface area contributed by atoms with Crippen molar-refractivity contribution in [3.05, 3.63) is 48.4 Å². The Bertz CT molecular complexity index is 1240. The predicted octanol–water partition coefficient (Wildman–Crippen LogP) is 2.96. The van der Waals surface area contributed by atoms with Crippen LogP contribution in [-0.4, -0.2) is 50.9 Å². The Morgan fingerprint density at radius 3 is 2.59 bits per heavy atom. The van der Waals surface area contributed by atoms with Crippen LogP contribution in [-0.2, 0) is 16.0 Å². The Hall–Kier alpha value is -3.89. The number of hydrogen-bond donors (Lipinski definition) is 2. The molecule has 1 saturated heterocycles. The van der Waals surface area contributed by atoms with Crippen LogP contribution in [0.25, 0.3) is 16.7 Å². The lowest BCUT2D eigenvalue weighted by molar-refractivity contribution is -0.121. The van der Waals surface area contributed by atoms with Crippen molar-refractivity contribution < 1.29 is 23.2 Å². The number of anilines is 1. The third kappa shape index (κ3) is 4.59. The van der Waals surface area contributed by atoms with E-state index in [4.69, 9.17) is 0 Å². The molecule has 0 spiro atoms. The first-order valence-electron chi connectivity index (χ1n) is 10.8. The highest BCUT2D eigenvalue weighted by molar-refractivity contribution is 6.22. The Morgan fingerprint density at radius 2 is 1.94 bits per heavy atom. The van der Waals surface area contributed by atoms with Crippen molar-refractivity contribution in [3.8, 4) is 5.69 Å². The van der Waals surface area contributed by atoms with Gasteiger partial charge in [-0.05, 0) is 50.1 Å². The molecule has 0 unspecified atom stereocenters. The third-order valence-corrected chi connectivity index (χ3v) is 5.68. The molecule has 34 heavy (non-hydrogen) atoms. The number of carbonyl (C=O) groups excluding carboxylic acids is 3. The molecule has 9 nitrogen and oxygen atoms in total. The first-order valence-corrected chi connectivity index (χ1v) is 10.8. The molecule has 178 valence electrons. The molecule has 2 N–H and O–H groups in total. The number of alkyl halides is 2. The number of imide groups is 1. The third-order valence-electron chi connectivity index (χ3n) is 5.68. The van der Waals surface area contributed by atoms with Gasteiger partial charge in [0.1, 0.15) is 17.0 Å². The average molecular weight is 470 g/mol. The standard InChI is InChI=1S/C23H24F2N6O3/c1-22(2)20(33)31(21(34)29-22)18-4-3-17(13-27-18)30-10-6-16-11-15(12-28-19(16)30)5-7-23(24,25)8-9-26-14-32/h3-4,6,10-14H,5,7-9H2,1-2H3,(H,26,32)(H,29,34). The number of urea groups is 1. The molecule has 1 aliphatic heterocycles. The second-order valence-corrected chi connectivity index (χ2v) is 8.69. The van der Waals surface area contributed by atoms with Gasteiger partial charge >= 0.3 is 6.03 Å². The van der Waals surface area contributed by atoms with Crippen molar-refractivity contribution >= 4 is 35.2 Å². The van der Waals surface area contributed by atoms with Crippen LogP contribution in [0, 0.1) is 0 Å². The molecule has 4 rings (SSSR count). The maximum Gasteiger partial charge on any atom is 0.330 e. The maximum atomic E-state index is 14.0. The monoisotopic (exact) mass is 470 g/mol. The number of nitrogens with one attached hydrogen (secondary N) is 2. The molecule has 11 heteroatoms. The Morgan fingerprint density at radius 1 is 1.15 bits per heavy atom. The average Bonchev–Trinajstić information content (AvgIpc) is 3.30. The van der Waals surface area contributed by atoms with Crippen LogP contribution in [0.2, 0.25) is 0 Å². The van der Waals surface area contributed by atoms with E-state index in [1.54, 1.807) is 42.9 Å². The molecule has 0 bridgehead atoms. The lowest BCUT2D eigenvalue weighted by Gasteiger charge is -2.16. The van der Waals surface area contributed by atoms with E-state index in [0.29, 0.717) is 23.3 Å². The highest BCUT2D eigenvalue weighted by atomic mass is 19.3. The van der Waals surface area contributed by atoms with Crippen molar-refractivity contribution in [2.24, 2.45) is 0 Å². The Kier molecular flexibility index (Phi) is 6.03. The molecular weight excluding hydrogens is 446 g/mol. The van der Waals surface area contributed by atoms with Crippen LogP contribution in [0.4, 0.5) is 19.4 Å². The van der Waals surface area contributed by atoms with Crippen molar-refractivity contribution in [3.63, 3.8) is 0 Å². The molecule has 3 aromatic rings. The molecule has 0 aromatic carbocycles. The van der Waals surface area contributed by atoms with Crippen LogP contribution in [0.3, 0.4) is 0 Å². The molecule has 1 fully saturated rings. The molecular formula is C23H24F2N6O3. The fourth-order valence-corrected chi connectivity index (χ4v) is 3.79. The quantitative estimate of drug-likeness (QED) is 0.284. The number of hydrogen-bond acceptors (Lipinski definition) is 5. The van der Waals surface area contributed by atoms with Crippen LogP contribution in [0.1, 0.15) is 32.3 Å². The number of amides is 4. The Balaban J connectivity index is 1.49. The molecule has 4 heterocycles. The van der Waals surface area contributed by atoms with Gasteiger partial charge in [-0.1, -0.05) is 0 Å². The lowest BCUT2D eigenvalue weighted by Crippen LogP contribution is -2.40. The van der Waals surface area contributed by atoms with Crippen LogP contribution < -0.4 is 15.5 Å². The van der Waals surface area contributed by atoms with E-state index in [9.17, 15) is 23.2 Å². The van der Waals surface area contributed by atoms with Gasteiger partial charge in [-0.3, -0.25) is 14.2 Å². The number of aryl methyl sites for hydroxylation is 1. The topological polar surface area (TPSA) is 109 Å². The minimum atomic E-state index is -2.88. The number of halogens is 2. The van der Waals surface area contributed by atoms with Crippen molar-refractivity contribution in [2.75, 3.05) is 11.4 Å². The number of aromatic nitrogens is 3. The zero-order chi connectivity index (χ0) is 24.5. The number of pyridine rings is 2. The van der Waals surface area contributed by atoms with Gasteiger partial charge in [0.2, 0.25) is 12.3 Å². The summed E-state index contributed by atoms with van der Waals surface area (Å²) in [5, 5.41) is 5.65. The highest BCUT2D eigenvalue weighted by Gasteiger charge is 2.45. The summed E-state index contributed by atoms with van der Waals surface area (Å²) in [6.07, 6.45) is 4.69. The van der Waals surface area contributed by atoms with Gasteiger partial charge in [0, 0.05) is 37.2 Å². The van der Waals surface area contributed by atoms with Gasteiger partial charge in [0.15, 0.2) is 0 Å². The van der Waals surface area contributed by atoms with Gasteiger partial charge in [-0.25, -0.2) is 28.4 Å². The summed E-state index contributed by atoms with van der Waals surface area (Å²) in [5.41, 5.74) is 0.977. The molecule has 1 aliphatic rings. The Labute approximate surface area is 194 Å². The van der Waals surface area contributed by atoms with E-state index in [2.05, 4.69) is 20.6 Å². The van der Waals surface area contributed by atoms with Crippen LogP contribution in [0.5, 0.6) is 0 Å². The summed E-state index contributed by atoms with van der Waals surface area (Å²) in [7, 11) is 0. The van der Waals surface area contributed by atoms with E-state index in [1.807, 2.05) is 12.1 Å². The summed E-state index contributed by atoms with van der Waals surface area (Å²) in [5.74, 6) is -3.05. The van der Waals surface area contributed by atoms with E-state index in [0.717, 1.165) is 10.3 Å². The molecule has 3 aromatic heterocycles. The largest absolute Gasteiger partial charge is 0.358 e. The molecule has 0 aliphatic carbocycles. The number of nitrogens with zero attached hydrogens (tertiary/aromatic N) is 4. The fourth-order valence-electron chi connectivity index (χ4n) is 3.79. The minimum absolute atomic E-state index is 0.0716. The van der Waals surface area contributed by atoms with Gasteiger partial charge in [-0.15, -0.1) is 0 Å². The molecule has 4 amide bonds. The fraction of sp³-hybridized carbons (Fsp3) is 0.348. The summed E-state index contributed by atoms with van der Waals surface area (Å²) in [6, 6.07) is 6.41. The van der Waals surface area contributed by atoms with Crippen molar-refractivity contribution in [1.29, 1.82) is 0 Å². The number of rotatable bonds is 9. The number of fused-ring (bicyclic) bond motifs is 1. The maximum absolute atomic E-state index is 14.0. The number of carbonyl (C=O) groups is 3. The summed E-state index contributed by atoms with van der Waals surface area (Å²) in [4.78, 5) is 44.6. The first kappa shape index (κ1) is 23.3. The van der Waals surface area contributed by atoms with E-state index in [-0.39, 0.29) is 31.1 Å².